The molecule has 3 N–H and O–H groups in total. The molecule has 0 heterocycles. The summed E-state index contributed by atoms with van der Waals surface area (Å²) in [5.74, 6) is 0.732. The van der Waals surface area contributed by atoms with Crippen LogP contribution in [0.1, 0.15) is 41.7 Å². The van der Waals surface area contributed by atoms with E-state index in [0.29, 0.717) is 11.5 Å². The van der Waals surface area contributed by atoms with Crippen molar-refractivity contribution in [1.82, 2.24) is 5.32 Å². The number of hydrogen-bond donors (Lipinski definition) is 2. The number of hydrogen-bond acceptors (Lipinski definition) is 2. The molecule has 1 atom stereocenters. The molecule has 0 aliphatic heterocycles. The van der Waals surface area contributed by atoms with Crippen molar-refractivity contribution in [2.75, 3.05) is 6.54 Å². The number of carbonyl (C=O) groups is 1. The second-order valence-electron chi connectivity index (χ2n) is 4.56. The van der Waals surface area contributed by atoms with Crippen molar-refractivity contribution >= 4 is 5.91 Å². The third-order valence-corrected chi connectivity index (χ3v) is 2.95. The minimum atomic E-state index is 0.0168. The van der Waals surface area contributed by atoms with Crippen LogP contribution in [0, 0.1) is 5.92 Å². The molecule has 0 saturated heterocycles. The molecule has 16 heavy (non-hydrogen) atoms. The van der Waals surface area contributed by atoms with E-state index in [1.807, 2.05) is 31.2 Å². The van der Waals surface area contributed by atoms with Gasteiger partial charge in [0, 0.05) is 18.2 Å². The molecule has 1 aromatic carbocycles. The lowest BCUT2D eigenvalue weighted by atomic mass is 10.1. The molecule has 1 aromatic rings. The van der Waals surface area contributed by atoms with Gasteiger partial charge in [-0.05, 0) is 43.4 Å². The van der Waals surface area contributed by atoms with Gasteiger partial charge in [0.2, 0.25) is 0 Å². The van der Waals surface area contributed by atoms with E-state index in [1.54, 1.807) is 0 Å². The molecule has 1 amide bonds. The summed E-state index contributed by atoms with van der Waals surface area (Å²) in [7, 11) is 0. The first kappa shape index (κ1) is 11.1. The summed E-state index contributed by atoms with van der Waals surface area (Å²) in [6, 6.07) is 7.51. The van der Waals surface area contributed by atoms with Gasteiger partial charge in [-0.25, -0.2) is 0 Å². The van der Waals surface area contributed by atoms with E-state index in [4.69, 9.17) is 5.73 Å². The maximum atomic E-state index is 11.7. The molecular formula is C13H18N2O. The highest BCUT2D eigenvalue weighted by atomic mass is 16.1. The third-order valence-electron chi connectivity index (χ3n) is 2.95. The van der Waals surface area contributed by atoms with E-state index in [-0.39, 0.29) is 11.9 Å². The van der Waals surface area contributed by atoms with Gasteiger partial charge in [0.25, 0.3) is 5.91 Å². The van der Waals surface area contributed by atoms with Crippen LogP contribution in [0.5, 0.6) is 0 Å². The number of benzene rings is 1. The molecule has 0 radical (unpaired) electrons. The van der Waals surface area contributed by atoms with Gasteiger partial charge >= 0.3 is 0 Å². The first-order chi connectivity index (χ1) is 7.66. The molecule has 1 aliphatic carbocycles. The Hall–Kier alpha value is -1.35. The number of carbonyl (C=O) groups excluding carboxylic acids is 1. The van der Waals surface area contributed by atoms with Gasteiger partial charge in [-0.1, -0.05) is 12.1 Å². The van der Waals surface area contributed by atoms with Crippen molar-refractivity contribution in [3.63, 3.8) is 0 Å². The Morgan fingerprint density at radius 3 is 2.56 bits per heavy atom. The third kappa shape index (κ3) is 2.83. The van der Waals surface area contributed by atoms with E-state index < -0.39 is 0 Å². The number of amides is 1. The quantitative estimate of drug-likeness (QED) is 0.810. The summed E-state index contributed by atoms with van der Waals surface area (Å²) in [4.78, 5) is 11.7. The zero-order valence-corrected chi connectivity index (χ0v) is 9.57. The van der Waals surface area contributed by atoms with Crippen LogP contribution < -0.4 is 11.1 Å². The summed E-state index contributed by atoms with van der Waals surface area (Å²) in [5, 5.41) is 2.94. The fourth-order valence-electron chi connectivity index (χ4n) is 1.60. The van der Waals surface area contributed by atoms with Gasteiger partial charge < -0.3 is 11.1 Å². The molecule has 2 rings (SSSR count). The van der Waals surface area contributed by atoms with E-state index in [2.05, 4.69) is 5.32 Å². The van der Waals surface area contributed by atoms with Crippen LogP contribution in [0.3, 0.4) is 0 Å². The van der Waals surface area contributed by atoms with Crippen LogP contribution >= 0.6 is 0 Å². The number of nitrogens with two attached hydrogens (primary N) is 1. The average molecular weight is 218 g/mol. The Kier molecular flexibility index (Phi) is 3.25. The second-order valence-corrected chi connectivity index (χ2v) is 4.56. The van der Waals surface area contributed by atoms with Crippen LogP contribution in [0.4, 0.5) is 0 Å². The van der Waals surface area contributed by atoms with Crippen LogP contribution in [-0.4, -0.2) is 12.5 Å². The summed E-state index contributed by atoms with van der Waals surface area (Å²) < 4.78 is 0. The molecule has 0 unspecified atom stereocenters. The van der Waals surface area contributed by atoms with E-state index in [9.17, 15) is 4.79 Å². The van der Waals surface area contributed by atoms with Crippen molar-refractivity contribution in [1.29, 1.82) is 0 Å². The van der Waals surface area contributed by atoms with Crippen LogP contribution in [-0.2, 0) is 0 Å². The zero-order valence-electron chi connectivity index (χ0n) is 9.57. The van der Waals surface area contributed by atoms with Crippen LogP contribution in [0.15, 0.2) is 24.3 Å². The van der Waals surface area contributed by atoms with Gasteiger partial charge in [0.05, 0.1) is 0 Å². The van der Waals surface area contributed by atoms with Crippen molar-refractivity contribution in [2.45, 2.75) is 25.8 Å². The standard InChI is InChI=1S/C13H18N2O/c1-9(14)11-4-6-12(7-5-11)13(16)15-8-10-2-3-10/h4-7,9-10H,2-3,8,14H2,1H3,(H,15,16)/t9-/m0/s1. The van der Waals surface area contributed by atoms with Crippen molar-refractivity contribution in [3.05, 3.63) is 35.4 Å². The molecular weight excluding hydrogens is 200 g/mol. The topological polar surface area (TPSA) is 55.1 Å². The highest BCUT2D eigenvalue weighted by Crippen LogP contribution is 2.27. The first-order valence-electron chi connectivity index (χ1n) is 5.80. The van der Waals surface area contributed by atoms with Crippen LogP contribution in [0.2, 0.25) is 0 Å². The zero-order chi connectivity index (χ0) is 11.5. The van der Waals surface area contributed by atoms with E-state index >= 15 is 0 Å². The normalized spacial score (nSPS) is 16.9. The summed E-state index contributed by atoms with van der Waals surface area (Å²) >= 11 is 0. The Bertz CT molecular complexity index is 366. The lowest BCUT2D eigenvalue weighted by Crippen LogP contribution is -2.25. The number of nitrogens with one attached hydrogen (secondary N) is 1. The van der Waals surface area contributed by atoms with Gasteiger partial charge in [-0.3, -0.25) is 4.79 Å². The average Bonchev–Trinajstić information content (AvgIpc) is 3.10. The molecule has 3 heteroatoms. The van der Waals surface area contributed by atoms with Crippen molar-refractivity contribution < 1.29 is 4.79 Å². The fraction of sp³-hybridized carbons (Fsp3) is 0.462. The van der Waals surface area contributed by atoms with E-state index in [1.165, 1.54) is 12.8 Å². The molecule has 0 bridgehead atoms. The Morgan fingerprint density at radius 1 is 1.44 bits per heavy atom. The Morgan fingerprint density at radius 2 is 2.06 bits per heavy atom. The second kappa shape index (κ2) is 4.66. The Balaban J connectivity index is 1.94. The summed E-state index contributed by atoms with van der Waals surface area (Å²) in [6.07, 6.45) is 2.51. The minimum Gasteiger partial charge on any atom is -0.352 e. The van der Waals surface area contributed by atoms with Gasteiger partial charge in [-0.15, -0.1) is 0 Å². The molecule has 1 fully saturated rings. The monoisotopic (exact) mass is 218 g/mol. The largest absolute Gasteiger partial charge is 0.352 e. The predicted molar refractivity (Wildman–Crippen MR) is 64.1 cm³/mol. The lowest BCUT2D eigenvalue weighted by Gasteiger charge is -2.07. The Labute approximate surface area is 96.0 Å². The van der Waals surface area contributed by atoms with Gasteiger partial charge in [0.1, 0.15) is 0 Å². The lowest BCUT2D eigenvalue weighted by molar-refractivity contribution is 0.0952. The smallest absolute Gasteiger partial charge is 0.251 e. The van der Waals surface area contributed by atoms with E-state index in [0.717, 1.165) is 12.1 Å². The fourth-order valence-corrected chi connectivity index (χ4v) is 1.60. The molecule has 1 aliphatic rings. The maximum absolute atomic E-state index is 11.7. The van der Waals surface area contributed by atoms with Gasteiger partial charge in [-0.2, -0.15) is 0 Å². The molecule has 3 nitrogen and oxygen atoms in total. The minimum absolute atomic E-state index is 0.0168. The van der Waals surface area contributed by atoms with Crippen molar-refractivity contribution in [3.8, 4) is 0 Å². The predicted octanol–water partition coefficient (Wildman–Crippen LogP) is 1.85. The summed E-state index contributed by atoms with van der Waals surface area (Å²) in [5.41, 5.74) is 7.51. The molecule has 86 valence electrons. The van der Waals surface area contributed by atoms with Gasteiger partial charge in [0.15, 0.2) is 0 Å². The first-order valence-corrected chi connectivity index (χ1v) is 5.80. The molecule has 0 spiro atoms. The SMILES string of the molecule is C[C@H](N)c1ccc(C(=O)NCC2CC2)cc1. The highest BCUT2D eigenvalue weighted by Gasteiger charge is 2.21. The maximum Gasteiger partial charge on any atom is 0.251 e. The molecule has 0 aromatic heterocycles. The number of rotatable bonds is 4. The molecule has 1 saturated carbocycles. The summed E-state index contributed by atoms with van der Waals surface area (Å²) in [6.45, 7) is 2.75. The van der Waals surface area contributed by atoms with Crippen molar-refractivity contribution in [2.24, 2.45) is 11.7 Å². The highest BCUT2D eigenvalue weighted by molar-refractivity contribution is 5.94. The van der Waals surface area contributed by atoms with Crippen LogP contribution in [0.25, 0.3) is 0 Å².